The first-order chi connectivity index (χ1) is 10.7. The Balaban J connectivity index is 2.38. The molecule has 0 radical (unpaired) electrons. The molecule has 5 nitrogen and oxygen atoms in total. The van der Waals surface area contributed by atoms with E-state index in [1.54, 1.807) is 4.90 Å². The van der Waals surface area contributed by atoms with Crippen LogP contribution in [0.25, 0.3) is 0 Å². The van der Waals surface area contributed by atoms with Crippen LogP contribution < -0.4 is 0 Å². The third-order valence-corrected chi connectivity index (χ3v) is 4.21. The fraction of sp³-hybridized carbons (Fsp3) is 0.529. The molecule has 0 saturated carbocycles. The first-order valence-corrected chi connectivity index (χ1v) is 7.66. The van der Waals surface area contributed by atoms with Crippen molar-refractivity contribution in [1.82, 2.24) is 4.90 Å². The lowest BCUT2D eigenvalue weighted by molar-refractivity contribution is -0.144. The first-order valence-electron chi connectivity index (χ1n) is 7.66. The Hall–Kier alpha value is -2.04. The molecule has 1 aliphatic rings. The third-order valence-electron chi connectivity index (χ3n) is 4.21. The van der Waals surface area contributed by atoms with E-state index in [2.05, 4.69) is 0 Å². The van der Waals surface area contributed by atoms with Crippen LogP contribution in [0.5, 0.6) is 0 Å². The van der Waals surface area contributed by atoms with Crippen molar-refractivity contribution in [1.29, 1.82) is 0 Å². The molecule has 0 aromatic heterocycles. The van der Waals surface area contributed by atoms with E-state index in [1.807, 2.05) is 30.3 Å². The van der Waals surface area contributed by atoms with Crippen molar-refractivity contribution >= 4 is 12.1 Å². The van der Waals surface area contributed by atoms with Gasteiger partial charge >= 0.3 is 12.1 Å². The largest absolute Gasteiger partial charge is 0.468 e. The molecule has 1 aromatic carbocycles. The molecule has 0 spiro atoms. The van der Waals surface area contributed by atoms with Crippen LogP contribution in [0.1, 0.15) is 37.2 Å². The van der Waals surface area contributed by atoms with Crippen molar-refractivity contribution in [3.63, 3.8) is 0 Å². The zero-order valence-corrected chi connectivity index (χ0v) is 13.2. The van der Waals surface area contributed by atoms with Gasteiger partial charge < -0.3 is 14.4 Å². The molecule has 1 amide bonds. The monoisotopic (exact) mass is 305 g/mol. The van der Waals surface area contributed by atoms with Crippen molar-refractivity contribution in [3.05, 3.63) is 35.9 Å². The molecule has 2 rings (SSSR count). The molecule has 0 aliphatic carbocycles. The second kappa shape index (κ2) is 7.82. The summed E-state index contributed by atoms with van der Waals surface area (Å²) in [6.07, 6.45) is 3.35. The molecule has 22 heavy (non-hydrogen) atoms. The van der Waals surface area contributed by atoms with E-state index in [9.17, 15) is 9.59 Å². The molecule has 1 aliphatic heterocycles. The van der Waals surface area contributed by atoms with Crippen molar-refractivity contribution in [2.75, 3.05) is 20.8 Å². The average molecular weight is 305 g/mol. The second-order valence-electron chi connectivity index (χ2n) is 5.49. The maximum absolute atomic E-state index is 12.4. The average Bonchev–Trinajstić information content (AvgIpc) is 2.81. The van der Waals surface area contributed by atoms with Crippen LogP contribution in [-0.4, -0.2) is 43.8 Å². The second-order valence-corrected chi connectivity index (χ2v) is 5.49. The quantitative estimate of drug-likeness (QED) is 0.806. The Morgan fingerprint density at radius 3 is 2.45 bits per heavy atom. The van der Waals surface area contributed by atoms with Gasteiger partial charge in [0.2, 0.25) is 0 Å². The number of likely N-dealkylation sites (tertiary alicyclic amines) is 1. The minimum absolute atomic E-state index is 0.232. The van der Waals surface area contributed by atoms with Crippen LogP contribution in [0.15, 0.2) is 30.3 Å². The van der Waals surface area contributed by atoms with Crippen LogP contribution in [0.3, 0.4) is 0 Å². The smallest absolute Gasteiger partial charge is 0.409 e. The van der Waals surface area contributed by atoms with E-state index in [4.69, 9.17) is 9.47 Å². The highest BCUT2D eigenvalue weighted by Crippen LogP contribution is 2.31. The molecule has 0 unspecified atom stereocenters. The summed E-state index contributed by atoms with van der Waals surface area (Å²) in [6, 6.07) is 9.27. The maximum atomic E-state index is 12.4. The van der Waals surface area contributed by atoms with Gasteiger partial charge in [-0.25, -0.2) is 4.79 Å². The first kappa shape index (κ1) is 16.3. The van der Waals surface area contributed by atoms with Gasteiger partial charge in [-0.3, -0.25) is 4.79 Å². The molecule has 1 heterocycles. The van der Waals surface area contributed by atoms with E-state index in [1.165, 1.54) is 14.2 Å². The van der Waals surface area contributed by atoms with E-state index < -0.39 is 5.92 Å². The predicted octanol–water partition coefficient (Wildman–Crippen LogP) is 2.95. The summed E-state index contributed by atoms with van der Waals surface area (Å²) >= 11 is 0. The zero-order valence-electron chi connectivity index (χ0n) is 13.2. The summed E-state index contributed by atoms with van der Waals surface area (Å²) in [7, 11) is 2.76. The van der Waals surface area contributed by atoms with E-state index in [-0.39, 0.29) is 18.1 Å². The normalized spacial score (nSPS) is 19.9. The van der Waals surface area contributed by atoms with Crippen LogP contribution in [0, 0.1) is 0 Å². The van der Waals surface area contributed by atoms with Crippen LogP contribution in [-0.2, 0) is 14.3 Å². The molecular weight excluding hydrogens is 282 g/mol. The molecule has 5 heteroatoms. The van der Waals surface area contributed by atoms with Gasteiger partial charge in [0.25, 0.3) is 0 Å². The fourth-order valence-electron chi connectivity index (χ4n) is 3.13. The number of methoxy groups -OCH3 is 2. The van der Waals surface area contributed by atoms with Gasteiger partial charge in [-0.05, 0) is 18.4 Å². The molecule has 0 N–H and O–H groups in total. The number of benzene rings is 1. The summed E-state index contributed by atoms with van der Waals surface area (Å²) in [4.78, 5) is 26.2. The van der Waals surface area contributed by atoms with Gasteiger partial charge in [0.1, 0.15) is 5.92 Å². The lowest BCUT2D eigenvalue weighted by Gasteiger charge is -2.33. The van der Waals surface area contributed by atoms with Gasteiger partial charge in [0.05, 0.1) is 20.3 Å². The number of amides is 1. The minimum atomic E-state index is -0.483. The SMILES string of the molecule is COC(=O)[C@H](c1ccccc1)[C@H]1CCCCCN1C(=O)OC. The lowest BCUT2D eigenvalue weighted by Crippen LogP contribution is -2.45. The van der Waals surface area contributed by atoms with E-state index in [0.717, 1.165) is 31.2 Å². The Morgan fingerprint density at radius 2 is 1.82 bits per heavy atom. The summed E-state index contributed by atoms with van der Waals surface area (Å²) < 4.78 is 9.91. The summed E-state index contributed by atoms with van der Waals surface area (Å²) in [6.45, 7) is 0.609. The Kier molecular flexibility index (Phi) is 5.81. The van der Waals surface area contributed by atoms with Crippen LogP contribution >= 0.6 is 0 Å². The summed E-state index contributed by atoms with van der Waals surface area (Å²) in [5.74, 6) is -0.796. The highest BCUT2D eigenvalue weighted by Gasteiger charge is 2.38. The molecule has 1 fully saturated rings. The number of hydrogen-bond acceptors (Lipinski definition) is 4. The predicted molar refractivity (Wildman–Crippen MR) is 82.6 cm³/mol. The Bertz CT molecular complexity index is 503. The third kappa shape index (κ3) is 3.59. The standard InChI is InChI=1S/C17H23NO4/c1-21-16(19)15(13-9-5-3-6-10-13)14-11-7-4-8-12-18(14)17(20)22-2/h3,5-6,9-10,14-15H,4,7-8,11-12H2,1-2H3/t14-,15-/m1/s1. The number of carbonyl (C=O) groups excluding carboxylic acids is 2. The van der Waals surface area contributed by atoms with Gasteiger partial charge in [-0.15, -0.1) is 0 Å². The van der Waals surface area contributed by atoms with E-state index >= 15 is 0 Å². The minimum Gasteiger partial charge on any atom is -0.468 e. The van der Waals surface area contributed by atoms with Crippen molar-refractivity contribution < 1.29 is 19.1 Å². The molecule has 1 saturated heterocycles. The number of nitrogens with zero attached hydrogens (tertiary/aromatic N) is 1. The van der Waals surface area contributed by atoms with Gasteiger partial charge in [-0.1, -0.05) is 43.2 Å². The van der Waals surface area contributed by atoms with Crippen molar-refractivity contribution in [2.45, 2.75) is 37.6 Å². The highest BCUT2D eigenvalue weighted by atomic mass is 16.5. The number of rotatable bonds is 3. The number of carbonyl (C=O) groups is 2. The van der Waals surface area contributed by atoms with Gasteiger partial charge in [0, 0.05) is 6.54 Å². The Morgan fingerprint density at radius 1 is 1.09 bits per heavy atom. The molecule has 0 bridgehead atoms. The van der Waals surface area contributed by atoms with Gasteiger partial charge in [0.15, 0.2) is 0 Å². The fourth-order valence-corrected chi connectivity index (χ4v) is 3.13. The topological polar surface area (TPSA) is 55.8 Å². The Labute approximate surface area is 131 Å². The number of hydrogen-bond donors (Lipinski definition) is 0. The number of esters is 1. The molecule has 1 aromatic rings. The highest BCUT2D eigenvalue weighted by molar-refractivity contribution is 5.80. The van der Waals surface area contributed by atoms with Crippen LogP contribution in [0.4, 0.5) is 4.79 Å². The van der Waals surface area contributed by atoms with E-state index in [0.29, 0.717) is 6.54 Å². The zero-order chi connectivity index (χ0) is 15.9. The molecular formula is C17H23NO4. The molecule has 120 valence electrons. The summed E-state index contributed by atoms with van der Waals surface area (Å²) in [5.41, 5.74) is 0.871. The lowest BCUT2D eigenvalue weighted by atomic mass is 9.88. The van der Waals surface area contributed by atoms with Crippen molar-refractivity contribution in [2.24, 2.45) is 0 Å². The van der Waals surface area contributed by atoms with Gasteiger partial charge in [-0.2, -0.15) is 0 Å². The van der Waals surface area contributed by atoms with Crippen molar-refractivity contribution in [3.8, 4) is 0 Å². The maximum Gasteiger partial charge on any atom is 0.409 e. The number of ether oxygens (including phenoxy) is 2. The van der Waals surface area contributed by atoms with Crippen LogP contribution in [0.2, 0.25) is 0 Å². The molecule has 2 atom stereocenters. The summed E-state index contributed by atoms with van der Waals surface area (Å²) in [5, 5.41) is 0.